The van der Waals surface area contributed by atoms with Crippen molar-refractivity contribution in [1.82, 2.24) is 24.5 Å². The average Bonchev–Trinajstić information content (AvgIpc) is 3.28. The molecule has 2 heterocycles. The summed E-state index contributed by atoms with van der Waals surface area (Å²) in [4.78, 5) is 7.29. The van der Waals surface area contributed by atoms with Gasteiger partial charge in [0.1, 0.15) is 11.4 Å². The van der Waals surface area contributed by atoms with Gasteiger partial charge in [-0.25, -0.2) is 27.5 Å². The van der Waals surface area contributed by atoms with Gasteiger partial charge in [-0.05, 0) is 51.4 Å². The zero-order valence-corrected chi connectivity index (χ0v) is 23.5. The molecule has 0 aliphatic carbocycles. The van der Waals surface area contributed by atoms with Gasteiger partial charge in [-0.1, -0.05) is 12.8 Å². The first-order chi connectivity index (χ1) is 18.2. The second-order valence-corrected chi connectivity index (χ2v) is 11.3. The summed E-state index contributed by atoms with van der Waals surface area (Å²) in [5, 5.41) is 16.4. The van der Waals surface area contributed by atoms with Gasteiger partial charge in [0.15, 0.2) is 0 Å². The molecule has 3 rings (SSSR count). The highest BCUT2D eigenvalue weighted by Gasteiger charge is 2.36. The number of hydrogen-bond acceptors (Lipinski definition) is 8. The normalized spacial score (nSPS) is 12.3. The monoisotopic (exact) mass is 609 g/mol. The number of unbranched alkanes of at least 4 members (excludes halogenated alkanes) is 3. The van der Waals surface area contributed by atoms with Crippen molar-refractivity contribution in [3.63, 3.8) is 0 Å². The summed E-state index contributed by atoms with van der Waals surface area (Å²) in [6.45, 7) is 3.82. The Labute approximate surface area is 235 Å². The molecule has 0 atom stereocenters. The molecule has 40 heavy (non-hydrogen) atoms. The van der Waals surface area contributed by atoms with Crippen LogP contribution in [0.1, 0.15) is 45.1 Å². The van der Waals surface area contributed by atoms with Crippen LogP contribution >= 0.6 is 12.4 Å². The number of nitrogens with one attached hydrogen (secondary N) is 2. The zero-order valence-electron chi connectivity index (χ0n) is 21.9. The summed E-state index contributed by atoms with van der Waals surface area (Å²) < 4.78 is 84.5. The molecule has 0 fully saturated rings. The molecular formula is C24H32ClF4N7O3S. The molecule has 5 N–H and O–H groups in total. The van der Waals surface area contributed by atoms with Crippen LogP contribution in [-0.2, 0) is 22.7 Å². The van der Waals surface area contributed by atoms with Gasteiger partial charge >= 0.3 is 6.18 Å². The van der Waals surface area contributed by atoms with E-state index >= 15 is 0 Å². The van der Waals surface area contributed by atoms with Gasteiger partial charge in [-0.2, -0.15) is 18.3 Å². The van der Waals surface area contributed by atoms with Crippen LogP contribution in [0.15, 0.2) is 41.7 Å². The first-order valence-corrected chi connectivity index (χ1v) is 13.6. The van der Waals surface area contributed by atoms with E-state index < -0.39 is 38.9 Å². The third-order valence-corrected chi connectivity index (χ3v) is 6.93. The number of alkyl halides is 3. The highest BCUT2D eigenvalue weighted by molar-refractivity contribution is 7.89. The van der Waals surface area contributed by atoms with Crippen LogP contribution < -0.4 is 15.8 Å². The van der Waals surface area contributed by atoms with Crippen molar-refractivity contribution in [2.24, 2.45) is 5.73 Å². The molecule has 0 saturated heterocycles. The Hall–Kier alpha value is -2.85. The second kappa shape index (κ2) is 13.7. The quantitative estimate of drug-likeness (QED) is 0.166. The Balaban J connectivity index is 0.00000560. The van der Waals surface area contributed by atoms with Crippen molar-refractivity contribution in [2.75, 3.05) is 18.4 Å². The fourth-order valence-corrected chi connectivity index (χ4v) is 4.72. The molecule has 3 aromatic rings. The number of rotatable bonds is 13. The maximum absolute atomic E-state index is 14.8. The smallest absolute Gasteiger partial charge is 0.389 e. The average molecular weight is 610 g/mol. The summed E-state index contributed by atoms with van der Waals surface area (Å²) in [5.41, 5.74) is 2.40. The molecule has 222 valence electrons. The van der Waals surface area contributed by atoms with Gasteiger partial charge < -0.3 is 16.2 Å². The van der Waals surface area contributed by atoms with Crippen LogP contribution in [-0.4, -0.2) is 52.0 Å². The van der Waals surface area contributed by atoms with E-state index in [1.807, 2.05) is 0 Å². The van der Waals surface area contributed by atoms with Crippen LogP contribution in [0.25, 0.3) is 11.3 Å². The van der Waals surface area contributed by atoms with Gasteiger partial charge in [0.05, 0.1) is 34.6 Å². The van der Waals surface area contributed by atoms with Crippen molar-refractivity contribution in [1.29, 1.82) is 0 Å². The van der Waals surface area contributed by atoms with Crippen LogP contribution in [0.5, 0.6) is 0 Å². The van der Waals surface area contributed by atoms with Crippen molar-refractivity contribution in [2.45, 2.75) is 62.7 Å². The predicted molar refractivity (Wildman–Crippen MR) is 144 cm³/mol. The van der Waals surface area contributed by atoms with Crippen molar-refractivity contribution in [3.05, 3.63) is 48.2 Å². The molecular weight excluding hydrogens is 578 g/mol. The lowest BCUT2D eigenvalue weighted by atomic mass is 10.1. The van der Waals surface area contributed by atoms with Gasteiger partial charge in [0.25, 0.3) is 0 Å². The number of anilines is 2. The Kier molecular flexibility index (Phi) is 11.4. The first-order valence-electron chi connectivity index (χ1n) is 12.2. The highest BCUT2D eigenvalue weighted by Crippen LogP contribution is 2.36. The highest BCUT2D eigenvalue weighted by atomic mass is 35.5. The summed E-state index contributed by atoms with van der Waals surface area (Å²) >= 11 is 0. The van der Waals surface area contributed by atoms with Gasteiger partial charge in [-0.15, -0.1) is 12.4 Å². The Morgan fingerprint density at radius 1 is 1.10 bits per heavy atom. The van der Waals surface area contributed by atoms with E-state index in [1.165, 1.54) is 30.9 Å². The molecule has 1 aromatic carbocycles. The number of aromatic nitrogens is 4. The standard InChI is InChI=1S/C24H31F4N7O3S.ClH/c1-23(2,36)15-35-14-16(12-31-35)21-18(24(26,27)28)13-30-22(34-21)33-20-8-7-17(11-19(20)25)39(37,38)32-10-6-4-3-5-9-29;/h7-8,11-14,32,36H,3-6,9-10,15,29H2,1-2H3,(H,30,33,34);1H. The molecule has 0 bridgehead atoms. The minimum atomic E-state index is -4.79. The van der Waals surface area contributed by atoms with E-state index in [1.54, 1.807) is 0 Å². The number of aliphatic hydroxyl groups is 1. The summed E-state index contributed by atoms with van der Waals surface area (Å²) in [6.07, 6.45) is 1.37. The minimum absolute atomic E-state index is 0. The lowest BCUT2D eigenvalue weighted by molar-refractivity contribution is -0.137. The molecule has 0 saturated carbocycles. The topological polar surface area (TPSA) is 148 Å². The SMILES string of the molecule is CC(C)(O)Cn1cc(-c2nc(Nc3ccc(S(=O)(=O)NCCCCCCN)cc3F)ncc2C(F)(F)F)cn1.Cl. The molecule has 10 nitrogen and oxygen atoms in total. The minimum Gasteiger partial charge on any atom is -0.389 e. The van der Waals surface area contributed by atoms with E-state index in [2.05, 4.69) is 25.1 Å². The molecule has 2 aromatic heterocycles. The van der Waals surface area contributed by atoms with E-state index in [-0.39, 0.29) is 47.6 Å². The van der Waals surface area contributed by atoms with Crippen molar-refractivity contribution in [3.8, 4) is 11.3 Å². The third kappa shape index (κ3) is 9.37. The Bertz CT molecular complexity index is 1380. The largest absolute Gasteiger partial charge is 0.419 e. The van der Waals surface area contributed by atoms with Crippen LogP contribution in [0.2, 0.25) is 0 Å². The molecule has 0 spiro atoms. The summed E-state index contributed by atoms with van der Waals surface area (Å²) in [5.74, 6) is -1.32. The van der Waals surface area contributed by atoms with Crippen LogP contribution in [0.3, 0.4) is 0 Å². The second-order valence-electron chi connectivity index (χ2n) is 9.56. The number of sulfonamides is 1. The molecule has 0 aliphatic rings. The van der Waals surface area contributed by atoms with E-state index in [9.17, 15) is 31.1 Å². The molecule has 0 unspecified atom stereocenters. The summed E-state index contributed by atoms with van der Waals surface area (Å²) in [7, 11) is -3.97. The lowest BCUT2D eigenvalue weighted by Gasteiger charge is -2.16. The zero-order chi connectivity index (χ0) is 28.8. The third-order valence-electron chi connectivity index (χ3n) is 5.47. The van der Waals surface area contributed by atoms with E-state index in [4.69, 9.17) is 5.73 Å². The summed E-state index contributed by atoms with van der Waals surface area (Å²) in [6, 6.07) is 3.09. The number of nitrogens with zero attached hydrogens (tertiary/aromatic N) is 4. The molecule has 16 heteroatoms. The van der Waals surface area contributed by atoms with Gasteiger partial charge in [0, 0.05) is 24.5 Å². The maximum Gasteiger partial charge on any atom is 0.419 e. The fourth-order valence-electron chi connectivity index (χ4n) is 3.64. The molecule has 0 radical (unpaired) electrons. The van der Waals surface area contributed by atoms with Gasteiger partial charge in [0.2, 0.25) is 16.0 Å². The Morgan fingerprint density at radius 3 is 2.42 bits per heavy atom. The number of halogens is 5. The maximum atomic E-state index is 14.8. The number of nitrogens with two attached hydrogens (primary N) is 1. The number of hydrogen-bond donors (Lipinski definition) is 4. The van der Waals surface area contributed by atoms with Crippen LogP contribution in [0.4, 0.5) is 29.2 Å². The van der Waals surface area contributed by atoms with Crippen molar-refractivity contribution < 1.29 is 31.1 Å². The molecule has 0 amide bonds. The lowest BCUT2D eigenvalue weighted by Crippen LogP contribution is -2.26. The first kappa shape index (κ1) is 33.4. The Morgan fingerprint density at radius 2 is 1.80 bits per heavy atom. The van der Waals surface area contributed by atoms with Gasteiger partial charge in [-0.3, -0.25) is 4.68 Å². The van der Waals surface area contributed by atoms with Crippen LogP contribution in [0, 0.1) is 5.82 Å². The predicted octanol–water partition coefficient (Wildman–Crippen LogP) is 4.23. The van der Waals surface area contributed by atoms with E-state index in [0.717, 1.165) is 37.5 Å². The molecule has 0 aliphatic heterocycles. The van der Waals surface area contributed by atoms with Crippen molar-refractivity contribution >= 4 is 34.1 Å². The fraction of sp³-hybridized carbons (Fsp3) is 0.458. The number of benzene rings is 1. The van der Waals surface area contributed by atoms with E-state index in [0.29, 0.717) is 19.2 Å².